The highest BCUT2D eigenvalue weighted by atomic mass is 32.2. The number of rotatable bonds is 7. The van der Waals surface area contributed by atoms with Gasteiger partial charge in [-0.2, -0.15) is 0 Å². The molecule has 0 saturated heterocycles. The molecule has 1 rings (SSSR count). The van der Waals surface area contributed by atoms with Crippen molar-refractivity contribution in [3.63, 3.8) is 0 Å². The highest BCUT2D eigenvalue weighted by molar-refractivity contribution is 7.89. The Labute approximate surface area is 127 Å². The van der Waals surface area contributed by atoms with Gasteiger partial charge < -0.3 is 10.8 Å². The molecule has 0 aliphatic heterocycles. The summed E-state index contributed by atoms with van der Waals surface area (Å²) in [7, 11) is -3.72. The lowest BCUT2D eigenvalue weighted by molar-refractivity contribution is 0.107. The number of aryl methyl sites for hydroxylation is 1. The fourth-order valence-electron chi connectivity index (χ4n) is 2.43. The maximum absolute atomic E-state index is 12.4. The number of hydrogen-bond donors (Lipinski definition) is 3. The van der Waals surface area contributed by atoms with E-state index in [1.54, 1.807) is 19.1 Å². The molecule has 120 valence electrons. The Kier molecular flexibility index (Phi) is 6.19. The molecule has 0 spiro atoms. The third-order valence-corrected chi connectivity index (χ3v) is 5.68. The van der Waals surface area contributed by atoms with Gasteiger partial charge in [-0.3, -0.25) is 0 Å². The topological polar surface area (TPSA) is 92.4 Å². The number of hydrogen-bond acceptors (Lipinski definition) is 4. The Balaban J connectivity index is 2.96. The number of nitrogens with two attached hydrogens (primary N) is 1. The fraction of sp³-hybridized carbons (Fsp3) is 0.600. The minimum atomic E-state index is -3.72. The summed E-state index contributed by atoms with van der Waals surface area (Å²) in [5.41, 5.74) is 7.54. The second kappa shape index (κ2) is 7.24. The summed E-state index contributed by atoms with van der Waals surface area (Å²) < 4.78 is 27.3. The zero-order valence-corrected chi connectivity index (χ0v) is 14.0. The summed E-state index contributed by atoms with van der Waals surface area (Å²) in [6, 6.07) is 3.39. The van der Waals surface area contributed by atoms with Gasteiger partial charge in [-0.1, -0.05) is 32.8 Å². The predicted octanol–water partition coefficient (Wildman–Crippen LogP) is 1.96. The second-order valence-electron chi connectivity index (χ2n) is 5.42. The van der Waals surface area contributed by atoms with E-state index in [2.05, 4.69) is 4.72 Å². The normalized spacial score (nSPS) is 13.6. The molecule has 0 saturated carbocycles. The molecule has 1 aromatic carbocycles. The van der Waals surface area contributed by atoms with Crippen LogP contribution in [0.5, 0.6) is 0 Å². The van der Waals surface area contributed by atoms with Crippen molar-refractivity contribution >= 4 is 15.7 Å². The Hall–Kier alpha value is -1.11. The summed E-state index contributed by atoms with van der Waals surface area (Å²) in [4.78, 5) is 0.110. The number of nitrogen functional groups attached to an aromatic ring is 1. The lowest BCUT2D eigenvalue weighted by Crippen LogP contribution is -2.36. The van der Waals surface area contributed by atoms with Crippen LogP contribution in [-0.4, -0.2) is 26.2 Å². The fourth-order valence-corrected chi connectivity index (χ4v) is 3.91. The van der Waals surface area contributed by atoms with Crippen molar-refractivity contribution in [3.8, 4) is 0 Å². The SMILES string of the molecule is CCC(CC)C(O)CNS(=O)(=O)c1c(N)ccc(C)c1C. The number of sulfonamides is 1. The van der Waals surface area contributed by atoms with Crippen LogP contribution in [0.2, 0.25) is 0 Å². The van der Waals surface area contributed by atoms with Crippen LogP contribution in [0.25, 0.3) is 0 Å². The van der Waals surface area contributed by atoms with E-state index in [1.807, 2.05) is 20.8 Å². The molecule has 6 heteroatoms. The minimum absolute atomic E-state index is 0.00149. The van der Waals surface area contributed by atoms with Crippen molar-refractivity contribution in [3.05, 3.63) is 23.3 Å². The molecule has 0 fully saturated rings. The van der Waals surface area contributed by atoms with Crippen LogP contribution in [0.4, 0.5) is 5.69 Å². The van der Waals surface area contributed by atoms with E-state index in [9.17, 15) is 13.5 Å². The van der Waals surface area contributed by atoms with Crippen LogP contribution in [-0.2, 0) is 10.0 Å². The number of anilines is 1. The quantitative estimate of drug-likeness (QED) is 0.671. The summed E-state index contributed by atoms with van der Waals surface area (Å²) in [6.07, 6.45) is 0.928. The number of aliphatic hydroxyl groups is 1. The minimum Gasteiger partial charge on any atom is -0.398 e. The molecule has 21 heavy (non-hydrogen) atoms. The zero-order chi connectivity index (χ0) is 16.2. The van der Waals surface area contributed by atoms with Gasteiger partial charge in [0.25, 0.3) is 0 Å². The van der Waals surface area contributed by atoms with E-state index in [0.717, 1.165) is 18.4 Å². The first kappa shape index (κ1) is 17.9. The van der Waals surface area contributed by atoms with Gasteiger partial charge in [0.05, 0.1) is 11.8 Å². The van der Waals surface area contributed by atoms with Crippen LogP contribution >= 0.6 is 0 Å². The standard InChI is InChI=1S/C15H26N2O3S/c1-5-12(6-2)14(18)9-17-21(19,20)15-11(4)10(3)7-8-13(15)16/h7-8,12,14,17-18H,5-6,9,16H2,1-4H3. The van der Waals surface area contributed by atoms with Crippen molar-refractivity contribution in [2.24, 2.45) is 5.92 Å². The molecule has 0 amide bonds. The van der Waals surface area contributed by atoms with E-state index in [-0.39, 0.29) is 23.0 Å². The third kappa shape index (κ3) is 4.18. The number of nitrogens with one attached hydrogen (secondary N) is 1. The van der Waals surface area contributed by atoms with Crippen molar-refractivity contribution < 1.29 is 13.5 Å². The summed E-state index contributed by atoms with van der Waals surface area (Å²) in [5.74, 6) is 0.0867. The van der Waals surface area contributed by atoms with Crippen LogP contribution in [0.15, 0.2) is 17.0 Å². The van der Waals surface area contributed by atoms with Gasteiger partial charge in [0, 0.05) is 6.54 Å². The Bertz CT molecular complexity index is 581. The van der Waals surface area contributed by atoms with Gasteiger partial charge in [0.1, 0.15) is 4.90 Å². The molecular formula is C15H26N2O3S. The molecule has 4 N–H and O–H groups in total. The summed E-state index contributed by atoms with van der Waals surface area (Å²) in [6.45, 7) is 7.54. The van der Waals surface area contributed by atoms with Crippen LogP contribution in [0.3, 0.4) is 0 Å². The first-order valence-corrected chi connectivity index (χ1v) is 8.76. The van der Waals surface area contributed by atoms with E-state index < -0.39 is 16.1 Å². The number of aliphatic hydroxyl groups excluding tert-OH is 1. The zero-order valence-electron chi connectivity index (χ0n) is 13.2. The molecule has 1 unspecified atom stereocenters. The summed E-state index contributed by atoms with van der Waals surface area (Å²) in [5, 5.41) is 10.1. The van der Waals surface area contributed by atoms with Crippen molar-refractivity contribution in [1.29, 1.82) is 0 Å². The highest BCUT2D eigenvalue weighted by Crippen LogP contribution is 2.25. The predicted molar refractivity (Wildman–Crippen MR) is 85.6 cm³/mol. The summed E-state index contributed by atoms with van der Waals surface area (Å²) >= 11 is 0. The van der Waals surface area contributed by atoms with E-state index in [0.29, 0.717) is 5.56 Å². The lowest BCUT2D eigenvalue weighted by atomic mass is 9.97. The lowest BCUT2D eigenvalue weighted by Gasteiger charge is -2.21. The van der Waals surface area contributed by atoms with E-state index >= 15 is 0 Å². The molecule has 0 aliphatic rings. The van der Waals surface area contributed by atoms with E-state index in [1.165, 1.54) is 0 Å². The monoisotopic (exact) mass is 314 g/mol. The van der Waals surface area contributed by atoms with Gasteiger partial charge in [0.15, 0.2) is 0 Å². The van der Waals surface area contributed by atoms with Gasteiger partial charge in [-0.25, -0.2) is 13.1 Å². The largest absolute Gasteiger partial charge is 0.398 e. The van der Waals surface area contributed by atoms with E-state index in [4.69, 9.17) is 5.73 Å². The van der Waals surface area contributed by atoms with Crippen molar-refractivity contribution in [2.75, 3.05) is 12.3 Å². The molecule has 0 aliphatic carbocycles. The maximum Gasteiger partial charge on any atom is 0.242 e. The van der Waals surface area contributed by atoms with Gasteiger partial charge in [-0.15, -0.1) is 0 Å². The molecule has 5 nitrogen and oxygen atoms in total. The third-order valence-electron chi connectivity index (χ3n) is 4.05. The highest BCUT2D eigenvalue weighted by Gasteiger charge is 2.23. The second-order valence-corrected chi connectivity index (χ2v) is 7.13. The van der Waals surface area contributed by atoms with Gasteiger partial charge in [-0.05, 0) is 37.0 Å². The Morgan fingerprint density at radius 1 is 1.24 bits per heavy atom. The average Bonchev–Trinajstić information content (AvgIpc) is 2.42. The van der Waals surface area contributed by atoms with Crippen molar-refractivity contribution in [2.45, 2.75) is 51.5 Å². The smallest absolute Gasteiger partial charge is 0.242 e. The van der Waals surface area contributed by atoms with Gasteiger partial charge in [0.2, 0.25) is 10.0 Å². The molecule has 0 bridgehead atoms. The molecular weight excluding hydrogens is 288 g/mol. The Morgan fingerprint density at radius 3 is 2.33 bits per heavy atom. The molecule has 1 atom stereocenters. The first-order valence-electron chi connectivity index (χ1n) is 7.27. The average molecular weight is 314 g/mol. The van der Waals surface area contributed by atoms with Crippen LogP contribution in [0, 0.1) is 19.8 Å². The molecule has 0 aromatic heterocycles. The molecule has 0 heterocycles. The molecule has 1 aromatic rings. The van der Waals surface area contributed by atoms with Crippen molar-refractivity contribution in [1.82, 2.24) is 4.72 Å². The van der Waals surface area contributed by atoms with Gasteiger partial charge >= 0.3 is 0 Å². The number of benzene rings is 1. The molecule has 0 radical (unpaired) electrons. The first-order chi connectivity index (χ1) is 9.74. The maximum atomic E-state index is 12.4. The van der Waals surface area contributed by atoms with Crippen LogP contribution in [0.1, 0.15) is 37.8 Å². The van der Waals surface area contributed by atoms with Crippen LogP contribution < -0.4 is 10.5 Å². The Morgan fingerprint density at radius 2 is 1.81 bits per heavy atom.